The van der Waals surface area contributed by atoms with Gasteiger partial charge >= 0.3 is 0 Å². The summed E-state index contributed by atoms with van der Waals surface area (Å²) < 4.78 is 0. The molecule has 6 nitrogen and oxygen atoms in total. The quantitative estimate of drug-likeness (QED) is 0.557. The Bertz CT molecular complexity index is 1190. The van der Waals surface area contributed by atoms with Crippen LogP contribution in [0, 0.1) is 6.92 Å². The number of pyridine rings is 1. The number of carbonyl (C=O) groups is 2. The number of aryl methyl sites for hydroxylation is 1. The van der Waals surface area contributed by atoms with Gasteiger partial charge in [0, 0.05) is 58.6 Å². The first-order valence-electron chi connectivity index (χ1n) is 9.83. The van der Waals surface area contributed by atoms with E-state index < -0.39 is 0 Å². The first-order valence-corrected chi connectivity index (χ1v) is 10.2. The third kappa shape index (κ3) is 4.92. The molecule has 31 heavy (non-hydrogen) atoms. The van der Waals surface area contributed by atoms with Crippen LogP contribution < -0.4 is 16.0 Å². The highest BCUT2D eigenvalue weighted by Gasteiger charge is 2.17. The Balaban J connectivity index is 1.46. The predicted molar refractivity (Wildman–Crippen MR) is 123 cm³/mol. The van der Waals surface area contributed by atoms with Gasteiger partial charge < -0.3 is 16.0 Å². The highest BCUT2D eigenvalue weighted by Crippen LogP contribution is 2.24. The zero-order valence-corrected chi connectivity index (χ0v) is 17.7. The van der Waals surface area contributed by atoms with Gasteiger partial charge in [-0.2, -0.15) is 0 Å². The number of nitrogens with one attached hydrogen (secondary N) is 3. The molecule has 1 aromatic heterocycles. The lowest BCUT2D eigenvalue weighted by Gasteiger charge is -2.18. The fourth-order valence-electron chi connectivity index (χ4n) is 3.29. The van der Waals surface area contributed by atoms with Crippen molar-refractivity contribution in [3.8, 4) is 0 Å². The van der Waals surface area contributed by atoms with Gasteiger partial charge in [0.1, 0.15) is 0 Å². The Morgan fingerprint density at radius 2 is 2.00 bits per heavy atom. The number of benzene rings is 2. The molecule has 1 aliphatic heterocycles. The molecule has 0 radical (unpaired) electrons. The van der Waals surface area contributed by atoms with Gasteiger partial charge in [-0.3, -0.25) is 14.6 Å². The average Bonchev–Trinajstić information content (AvgIpc) is 2.78. The summed E-state index contributed by atoms with van der Waals surface area (Å²) >= 11 is 5.99. The van der Waals surface area contributed by atoms with E-state index in [0.717, 1.165) is 22.4 Å². The number of aromatic nitrogens is 1. The van der Waals surface area contributed by atoms with Gasteiger partial charge in [0.15, 0.2) is 0 Å². The van der Waals surface area contributed by atoms with Crippen molar-refractivity contribution in [2.24, 2.45) is 0 Å². The van der Waals surface area contributed by atoms with Gasteiger partial charge in [0.05, 0.1) is 0 Å². The average molecular weight is 433 g/mol. The summed E-state index contributed by atoms with van der Waals surface area (Å²) in [5, 5.41) is 9.64. The first-order chi connectivity index (χ1) is 15.0. The van der Waals surface area contributed by atoms with Crippen LogP contribution in [-0.4, -0.2) is 23.3 Å². The fraction of sp³-hybridized carbons (Fsp3) is 0.125. The number of hydrogen-bond donors (Lipinski definition) is 3. The van der Waals surface area contributed by atoms with Crippen LogP contribution >= 0.6 is 11.6 Å². The number of hydrogen-bond acceptors (Lipinski definition) is 4. The van der Waals surface area contributed by atoms with E-state index in [1.807, 2.05) is 43.3 Å². The Morgan fingerprint density at radius 1 is 1.13 bits per heavy atom. The van der Waals surface area contributed by atoms with E-state index in [9.17, 15) is 9.59 Å². The maximum absolute atomic E-state index is 12.8. The second-order valence-corrected chi connectivity index (χ2v) is 7.72. The molecule has 0 saturated heterocycles. The van der Waals surface area contributed by atoms with E-state index in [1.165, 1.54) is 0 Å². The van der Waals surface area contributed by atoms with Gasteiger partial charge in [0.25, 0.3) is 11.8 Å². The van der Waals surface area contributed by atoms with Crippen molar-refractivity contribution in [3.63, 3.8) is 0 Å². The van der Waals surface area contributed by atoms with Crippen LogP contribution in [0.15, 0.2) is 66.5 Å². The smallest absolute Gasteiger partial charge is 0.253 e. The van der Waals surface area contributed by atoms with Gasteiger partial charge in [0.2, 0.25) is 0 Å². The topological polar surface area (TPSA) is 83.1 Å². The van der Waals surface area contributed by atoms with Gasteiger partial charge in [-0.1, -0.05) is 29.8 Å². The highest BCUT2D eigenvalue weighted by molar-refractivity contribution is 6.30. The van der Waals surface area contributed by atoms with E-state index in [2.05, 4.69) is 20.9 Å². The molecule has 0 aliphatic carbocycles. The van der Waals surface area contributed by atoms with Crippen LogP contribution in [0.5, 0.6) is 0 Å². The number of nitrogens with zero attached hydrogens (tertiary/aromatic N) is 1. The van der Waals surface area contributed by atoms with Crippen LogP contribution in [0.3, 0.4) is 0 Å². The summed E-state index contributed by atoms with van der Waals surface area (Å²) in [5.41, 5.74) is 5.24. The zero-order valence-electron chi connectivity index (χ0n) is 16.9. The third-order valence-corrected chi connectivity index (χ3v) is 5.27. The number of halogens is 1. The molecular formula is C24H21ClN4O2. The Kier molecular flexibility index (Phi) is 6.00. The maximum Gasteiger partial charge on any atom is 0.253 e. The molecule has 0 bridgehead atoms. The predicted octanol–water partition coefficient (Wildman–Crippen LogP) is 4.42. The van der Waals surface area contributed by atoms with Crippen LogP contribution in [0.4, 0.5) is 11.4 Å². The Morgan fingerprint density at radius 3 is 2.84 bits per heavy atom. The SMILES string of the molecule is Cc1ccc(C(=O)NCc2cccc(Cl)c2)cc1NC(=O)C1=Cc2cnccc2NC1. The molecule has 156 valence electrons. The second-order valence-electron chi connectivity index (χ2n) is 7.28. The summed E-state index contributed by atoms with van der Waals surface area (Å²) in [6, 6.07) is 14.4. The van der Waals surface area contributed by atoms with Crippen molar-refractivity contribution in [2.45, 2.75) is 13.5 Å². The van der Waals surface area contributed by atoms with E-state index in [4.69, 9.17) is 11.6 Å². The normalized spacial score (nSPS) is 12.3. The molecule has 1 aliphatic rings. The summed E-state index contributed by atoms with van der Waals surface area (Å²) in [4.78, 5) is 29.5. The van der Waals surface area contributed by atoms with Crippen LogP contribution in [0.1, 0.15) is 27.0 Å². The Labute approximate surface area is 185 Å². The third-order valence-electron chi connectivity index (χ3n) is 5.03. The molecular weight excluding hydrogens is 412 g/mol. The van der Waals surface area contributed by atoms with Crippen LogP contribution in [-0.2, 0) is 11.3 Å². The first kappa shape index (κ1) is 20.6. The number of fused-ring (bicyclic) bond motifs is 1. The largest absolute Gasteiger partial charge is 0.380 e. The molecule has 2 heterocycles. The van der Waals surface area contributed by atoms with Crippen molar-refractivity contribution < 1.29 is 9.59 Å². The zero-order chi connectivity index (χ0) is 21.8. The minimum absolute atomic E-state index is 0.221. The summed E-state index contributed by atoms with van der Waals surface area (Å²) in [6.45, 7) is 2.67. The molecule has 0 fully saturated rings. The molecule has 7 heteroatoms. The maximum atomic E-state index is 12.8. The van der Waals surface area contributed by atoms with Crippen LogP contribution in [0.2, 0.25) is 5.02 Å². The van der Waals surface area contributed by atoms with Crippen molar-refractivity contribution in [1.29, 1.82) is 0 Å². The van der Waals surface area contributed by atoms with Crippen LogP contribution in [0.25, 0.3) is 6.08 Å². The van der Waals surface area contributed by atoms with Crippen molar-refractivity contribution in [2.75, 3.05) is 17.2 Å². The molecule has 2 amide bonds. The molecule has 0 atom stereocenters. The number of anilines is 2. The van der Waals surface area contributed by atoms with Crippen molar-refractivity contribution in [1.82, 2.24) is 10.3 Å². The molecule has 0 unspecified atom stereocenters. The Hall–Kier alpha value is -3.64. The van der Waals surface area contributed by atoms with Gasteiger partial charge in [-0.15, -0.1) is 0 Å². The number of carbonyl (C=O) groups excluding carboxylic acids is 2. The van der Waals surface area contributed by atoms with Gasteiger partial charge in [-0.25, -0.2) is 0 Å². The molecule has 2 aromatic carbocycles. The minimum atomic E-state index is -0.228. The number of amides is 2. The minimum Gasteiger partial charge on any atom is -0.380 e. The molecule has 4 rings (SSSR count). The summed E-state index contributed by atoms with van der Waals surface area (Å²) in [6.07, 6.45) is 5.24. The monoisotopic (exact) mass is 432 g/mol. The fourth-order valence-corrected chi connectivity index (χ4v) is 3.50. The van der Waals surface area contributed by atoms with E-state index in [1.54, 1.807) is 30.6 Å². The lowest BCUT2D eigenvalue weighted by Crippen LogP contribution is -2.24. The standard InChI is InChI=1S/C24H21ClN4O2/c1-15-5-6-17(23(30)28-12-16-3-2-4-20(25)9-16)11-22(15)29-24(31)19-10-18-13-26-8-7-21(18)27-14-19/h2-11,13,27H,12,14H2,1H3,(H,28,30)(H,29,31). The summed E-state index contributed by atoms with van der Waals surface area (Å²) in [7, 11) is 0. The molecule has 3 aromatic rings. The second kappa shape index (κ2) is 9.02. The molecule has 0 spiro atoms. The lowest BCUT2D eigenvalue weighted by molar-refractivity contribution is -0.112. The molecule has 0 saturated carbocycles. The van der Waals surface area contributed by atoms with Crippen molar-refractivity contribution >= 4 is 40.9 Å². The van der Waals surface area contributed by atoms with E-state index in [0.29, 0.717) is 34.9 Å². The number of rotatable bonds is 5. The van der Waals surface area contributed by atoms with Gasteiger partial charge in [-0.05, 0) is 54.5 Å². The van der Waals surface area contributed by atoms with E-state index >= 15 is 0 Å². The van der Waals surface area contributed by atoms with E-state index in [-0.39, 0.29) is 11.8 Å². The summed E-state index contributed by atoms with van der Waals surface area (Å²) in [5.74, 6) is -0.449. The highest BCUT2D eigenvalue weighted by atomic mass is 35.5. The molecule has 3 N–H and O–H groups in total. The van der Waals surface area contributed by atoms with Crippen molar-refractivity contribution in [3.05, 3.63) is 93.8 Å². The lowest BCUT2D eigenvalue weighted by atomic mass is 10.0.